The molecule has 1 unspecified atom stereocenters. The van der Waals surface area contributed by atoms with Gasteiger partial charge in [-0.3, -0.25) is 9.59 Å². The Morgan fingerprint density at radius 3 is 2.65 bits per heavy atom. The fraction of sp³-hybridized carbons (Fsp3) is 0.500. The Hall–Kier alpha value is -2.09. The van der Waals surface area contributed by atoms with E-state index in [-0.39, 0.29) is 34.7 Å². The topological polar surface area (TPSA) is 168 Å². The minimum atomic E-state index is -1.55. The number of aliphatic hydroxyl groups excluding tert-OH is 1. The molecule has 0 bridgehead atoms. The number of rotatable bonds is 8. The van der Waals surface area contributed by atoms with E-state index in [2.05, 4.69) is 10.6 Å². The zero-order chi connectivity index (χ0) is 24.7. The third kappa shape index (κ3) is 4.58. The number of β-lactam (4-membered cyclic amide) rings is 1. The van der Waals surface area contributed by atoms with Gasteiger partial charge < -0.3 is 30.3 Å². The first-order valence-corrected chi connectivity index (χ1v) is 13.1. The van der Waals surface area contributed by atoms with Gasteiger partial charge in [0.15, 0.2) is 4.90 Å². The molecule has 2 amide bonds. The molecule has 3 heterocycles. The lowest BCUT2D eigenvalue weighted by Gasteiger charge is -2.46. The Kier molecular flexibility index (Phi) is 7.27. The van der Waals surface area contributed by atoms with Crippen LogP contribution in [0.5, 0.6) is 0 Å². The van der Waals surface area contributed by atoms with Crippen LogP contribution in [-0.2, 0) is 32.3 Å². The van der Waals surface area contributed by atoms with E-state index in [1.165, 1.54) is 16.7 Å². The average Bonchev–Trinajstić information content (AvgIpc) is 3.34. The molecule has 0 spiro atoms. The Morgan fingerprint density at radius 2 is 2.06 bits per heavy atom. The summed E-state index contributed by atoms with van der Waals surface area (Å²) in [7, 11) is 0. The van der Waals surface area contributed by atoms with Crippen LogP contribution in [0.1, 0.15) is 25.8 Å². The number of hydrogen-bond acceptors (Lipinski definition) is 8. The fourth-order valence-corrected chi connectivity index (χ4v) is 6.79. The van der Waals surface area contributed by atoms with Crippen molar-refractivity contribution in [3.8, 4) is 0 Å². The molecule has 3 aliphatic rings. The summed E-state index contributed by atoms with van der Waals surface area (Å²) in [5.41, 5.74) is 0.850. The number of hydrogen-bond donors (Lipinski definition) is 5. The molecule has 6 N–H and O–H groups in total. The van der Waals surface area contributed by atoms with Gasteiger partial charge in [0.2, 0.25) is 11.8 Å². The second kappa shape index (κ2) is 9.88. The standard InChI is InChI=1S/C22H28N4O6S2/c1-10-17-16(11(2)27)21(29)26(17)18(22(30)31)19(10)33-13-7-15(24-9-13)20(28)25-8-12-3-5-14(6-4-12)34(23)32/h3-6,10-11,13,15-17,24,27H,7-9,23H2,1-2H3,(H,25,28)(H,30,31)/t10-,11-,13+,15+,16-,17-,34?/m1/s1. The van der Waals surface area contributed by atoms with E-state index in [4.69, 9.17) is 5.14 Å². The summed E-state index contributed by atoms with van der Waals surface area (Å²) in [5, 5.41) is 31.1. The van der Waals surface area contributed by atoms with Crippen molar-refractivity contribution in [1.82, 2.24) is 15.5 Å². The highest BCUT2D eigenvalue weighted by Crippen LogP contribution is 2.51. The van der Waals surface area contributed by atoms with Crippen LogP contribution in [0.2, 0.25) is 0 Å². The first-order chi connectivity index (χ1) is 16.1. The summed E-state index contributed by atoms with van der Waals surface area (Å²) in [6, 6.07) is 6.07. The van der Waals surface area contributed by atoms with E-state index in [1.54, 1.807) is 31.2 Å². The highest BCUT2D eigenvalue weighted by atomic mass is 32.2. The van der Waals surface area contributed by atoms with E-state index >= 15 is 0 Å². The smallest absolute Gasteiger partial charge is 0.353 e. The lowest BCUT2D eigenvalue weighted by atomic mass is 9.79. The molecule has 2 saturated heterocycles. The summed E-state index contributed by atoms with van der Waals surface area (Å²) in [4.78, 5) is 39.5. The van der Waals surface area contributed by atoms with Gasteiger partial charge in [-0.2, -0.15) is 0 Å². The fourth-order valence-electron chi connectivity index (χ4n) is 4.90. The third-order valence-corrected chi connectivity index (χ3v) is 8.88. The highest BCUT2D eigenvalue weighted by Gasteiger charge is 2.60. The van der Waals surface area contributed by atoms with E-state index in [0.717, 1.165) is 5.56 Å². The number of carboxylic acid groups (broad SMARTS) is 1. The first-order valence-electron chi connectivity index (χ1n) is 11.0. The van der Waals surface area contributed by atoms with Gasteiger partial charge in [0.25, 0.3) is 0 Å². The van der Waals surface area contributed by atoms with Gasteiger partial charge in [0, 0.05) is 29.2 Å². The largest absolute Gasteiger partial charge is 0.593 e. The number of nitrogens with two attached hydrogens (primary N) is 1. The van der Waals surface area contributed by atoms with Crippen LogP contribution in [-0.4, -0.2) is 67.4 Å². The van der Waals surface area contributed by atoms with Gasteiger partial charge in [-0.15, -0.1) is 16.9 Å². The van der Waals surface area contributed by atoms with Gasteiger partial charge in [0.1, 0.15) is 5.70 Å². The number of thioether (sulfide) groups is 1. The van der Waals surface area contributed by atoms with E-state index in [0.29, 0.717) is 29.3 Å². The van der Waals surface area contributed by atoms with Crippen molar-refractivity contribution >= 4 is 40.9 Å². The second-order valence-electron chi connectivity index (χ2n) is 8.87. The highest BCUT2D eigenvalue weighted by molar-refractivity contribution is 8.03. The van der Waals surface area contributed by atoms with Crippen LogP contribution in [0.25, 0.3) is 0 Å². The molecule has 0 radical (unpaired) electrons. The number of carboxylic acids is 1. The molecular formula is C22H28N4O6S2. The summed E-state index contributed by atoms with van der Waals surface area (Å²) in [5.74, 6) is -2.46. The molecule has 1 aromatic rings. The van der Waals surface area contributed by atoms with Gasteiger partial charge in [-0.1, -0.05) is 19.1 Å². The predicted octanol–water partition coefficient (Wildman–Crippen LogP) is -0.0985. The molecule has 34 heavy (non-hydrogen) atoms. The maximum Gasteiger partial charge on any atom is 0.353 e. The zero-order valence-electron chi connectivity index (χ0n) is 18.8. The predicted molar refractivity (Wildman–Crippen MR) is 126 cm³/mol. The number of fused-ring (bicyclic) bond motifs is 1. The molecule has 184 valence electrons. The Balaban J connectivity index is 1.36. The van der Waals surface area contributed by atoms with Gasteiger partial charge in [-0.25, -0.2) is 4.79 Å². The van der Waals surface area contributed by atoms with Crippen LogP contribution in [0.15, 0.2) is 39.8 Å². The molecule has 1 aromatic carbocycles. The molecule has 3 aliphatic heterocycles. The number of nitrogens with zero attached hydrogens (tertiary/aromatic N) is 1. The summed E-state index contributed by atoms with van der Waals surface area (Å²) in [6.07, 6.45) is -0.325. The van der Waals surface area contributed by atoms with Crippen molar-refractivity contribution in [1.29, 1.82) is 0 Å². The van der Waals surface area contributed by atoms with Crippen LogP contribution in [0, 0.1) is 11.8 Å². The summed E-state index contributed by atoms with van der Waals surface area (Å²) in [6.45, 7) is 4.28. The molecule has 2 fully saturated rings. The molecule has 12 heteroatoms. The van der Waals surface area contributed by atoms with Crippen molar-refractivity contribution in [2.24, 2.45) is 17.0 Å². The molecule has 0 aliphatic carbocycles. The van der Waals surface area contributed by atoms with Crippen molar-refractivity contribution in [3.63, 3.8) is 0 Å². The lowest BCUT2D eigenvalue weighted by molar-refractivity contribution is -0.163. The average molecular weight is 509 g/mol. The Labute approximate surface area is 204 Å². The molecule has 0 saturated carbocycles. The molecule has 4 rings (SSSR count). The minimum Gasteiger partial charge on any atom is -0.593 e. The van der Waals surface area contributed by atoms with E-state index in [9.17, 15) is 29.1 Å². The van der Waals surface area contributed by atoms with Crippen molar-refractivity contribution in [3.05, 3.63) is 40.4 Å². The SMILES string of the molecule is C[C@@H](O)[C@H]1C(=O)N2C(C(=O)O)=C(S[C@@H]3CN[C@H](C(=O)NCc4ccc([S+](N)[O-])cc4)C3)[C@H](C)[C@H]12. The van der Waals surface area contributed by atoms with Gasteiger partial charge >= 0.3 is 5.97 Å². The number of benzene rings is 1. The first kappa shape index (κ1) is 25.0. The summed E-state index contributed by atoms with van der Waals surface area (Å²) < 4.78 is 11.3. The van der Waals surface area contributed by atoms with Crippen molar-refractivity contribution < 1.29 is 29.1 Å². The van der Waals surface area contributed by atoms with Crippen LogP contribution in [0.4, 0.5) is 0 Å². The number of aliphatic carboxylic acids is 1. The third-order valence-electron chi connectivity index (χ3n) is 6.63. The van der Waals surface area contributed by atoms with Crippen LogP contribution >= 0.6 is 11.8 Å². The molecule has 7 atom stereocenters. The number of carbonyl (C=O) groups is 3. The van der Waals surface area contributed by atoms with Gasteiger partial charge in [-0.05, 0) is 31.0 Å². The zero-order valence-corrected chi connectivity index (χ0v) is 20.4. The Bertz CT molecular complexity index is 1020. The number of amides is 2. The second-order valence-corrected chi connectivity index (χ2v) is 11.3. The van der Waals surface area contributed by atoms with Crippen molar-refractivity contribution in [2.45, 2.75) is 55.1 Å². The number of nitrogens with one attached hydrogen (secondary N) is 2. The maximum absolute atomic E-state index is 12.7. The van der Waals surface area contributed by atoms with E-state index < -0.39 is 35.4 Å². The maximum atomic E-state index is 12.7. The van der Waals surface area contributed by atoms with Gasteiger partial charge in [0.05, 0.1) is 35.5 Å². The minimum absolute atomic E-state index is 0.000779. The quantitative estimate of drug-likeness (QED) is 0.238. The lowest BCUT2D eigenvalue weighted by Crippen LogP contribution is -2.63. The summed E-state index contributed by atoms with van der Waals surface area (Å²) >= 11 is -0.145. The molecule has 10 nitrogen and oxygen atoms in total. The molecular weight excluding hydrogens is 480 g/mol. The normalized spacial score (nSPS) is 30.1. The Morgan fingerprint density at radius 1 is 1.38 bits per heavy atom. The monoisotopic (exact) mass is 508 g/mol. The number of carbonyl (C=O) groups excluding carboxylic acids is 2. The van der Waals surface area contributed by atoms with Crippen molar-refractivity contribution in [2.75, 3.05) is 6.54 Å². The van der Waals surface area contributed by atoms with E-state index in [1.807, 2.05) is 6.92 Å². The molecule has 0 aromatic heterocycles. The number of aliphatic hydroxyl groups is 1. The van der Waals surface area contributed by atoms with Crippen LogP contribution < -0.4 is 15.8 Å². The van der Waals surface area contributed by atoms with Crippen LogP contribution in [0.3, 0.4) is 0 Å².